The van der Waals surface area contributed by atoms with Gasteiger partial charge in [0.2, 0.25) is 0 Å². The topological polar surface area (TPSA) is 84.6 Å². The maximum Gasteiger partial charge on any atom is 0.338 e. The Hall–Kier alpha value is -1.11. The van der Waals surface area contributed by atoms with Gasteiger partial charge in [-0.15, -0.1) is 0 Å². The van der Waals surface area contributed by atoms with E-state index in [9.17, 15) is 4.79 Å². The first kappa shape index (κ1) is 22.2. The number of nitrogen functional groups attached to an aromatic ring is 1. The molecule has 0 unspecified atom stereocenters. The molecule has 2 rings (SSSR count). The number of ether oxygens (including phenoxy) is 1. The summed E-state index contributed by atoms with van der Waals surface area (Å²) in [5.74, 6) is -0.330. The minimum Gasteiger partial charge on any atom is -0.462 e. The maximum absolute atomic E-state index is 12.4. The molecule has 4 N–H and O–H groups in total. The highest BCUT2D eigenvalue weighted by Gasteiger charge is 2.29. The van der Waals surface area contributed by atoms with Gasteiger partial charge in [-0.3, -0.25) is 0 Å². The summed E-state index contributed by atoms with van der Waals surface area (Å²) in [5, 5.41) is 12.5. The summed E-state index contributed by atoms with van der Waals surface area (Å²) < 4.78 is 6.08. The van der Waals surface area contributed by atoms with Crippen LogP contribution in [0.3, 0.4) is 0 Å². The number of anilines is 1. The summed E-state index contributed by atoms with van der Waals surface area (Å²) >= 11 is 3.48. The fourth-order valence-corrected chi connectivity index (χ4v) is 4.25. The van der Waals surface area contributed by atoms with Crippen LogP contribution in [0.4, 0.5) is 5.69 Å². The third-order valence-electron chi connectivity index (χ3n) is 5.63. The van der Waals surface area contributed by atoms with Gasteiger partial charge >= 0.3 is 5.97 Å². The first-order valence-corrected chi connectivity index (χ1v) is 10.9. The van der Waals surface area contributed by atoms with Crippen molar-refractivity contribution in [2.24, 2.45) is 0 Å². The summed E-state index contributed by atoms with van der Waals surface area (Å²) in [7, 11) is 0. The Balaban J connectivity index is 2.00. The number of benzene rings is 1. The minimum absolute atomic E-state index is 0.175. The number of hydrogen-bond acceptors (Lipinski definition) is 5. The van der Waals surface area contributed by atoms with Gasteiger partial charge in [0.15, 0.2) is 0 Å². The van der Waals surface area contributed by atoms with Crippen molar-refractivity contribution in [3.05, 3.63) is 27.7 Å². The molecule has 1 aromatic rings. The lowest BCUT2D eigenvalue weighted by Gasteiger charge is -2.38. The molecule has 1 aliphatic carbocycles. The number of hydrogen-bond donors (Lipinski definition) is 3. The molecular weight excluding hydrogens is 408 g/mol. The van der Waals surface area contributed by atoms with E-state index in [2.05, 4.69) is 28.2 Å². The second kappa shape index (κ2) is 11.0. The number of halogens is 1. The molecule has 1 aliphatic rings. The summed E-state index contributed by atoms with van der Waals surface area (Å²) in [5.41, 5.74) is 8.54. The Labute approximate surface area is 171 Å². The molecule has 1 fully saturated rings. The first-order valence-electron chi connectivity index (χ1n) is 10.1. The zero-order valence-electron chi connectivity index (χ0n) is 16.4. The smallest absolute Gasteiger partial charge is 0.338 e. The van der Waals surface area contributed by atoms with E-state index in [1.54, 1.807) is 6.07 Å². The van der Waals surface area contributed by atoms with E-state index in [4.69, 9.17) is 15.6 Å². The van der Waals surface area contributed by atoms with Crippen molar-refractivity contribution in [1.82, 2.24) is 5.32 Å². The van der Waals surface area contributed by atoms with Gasteiger partial charge < -0.3 is 20.9 Å². The van der Waals surface area contributed by atoms with Crippen molar-refractivity contribution in [3.8, 4) is 0 Å². The number of unbranched alkanes of at least 4 members (excludes halogenated alkanes) is 2. The number of rotatable bonds is 10. The molecule has 1 saturated carbocycles. The Kier molecular flexibility index (Phi) is 9.06. The average molecular weight is 441 g/mol. The van der Waals surface area contributed by atoms with Crippen molar-refractivity contribution >= 4 is 27.6 Å². The lowest BCUT2D eigenvalue weighted by molar-refractivity contribution is 0.0496. The zero-order chi connectivity index (χ0) is 19.7. The molecule has 27 heavy (non-hydrogen) atoms. The molecule has 5 nitrogen and oxygen atoms in total. The minimum atomic E-state index is -0.330. The zero-order valence-corrected chi connectivity index (χ0v) is 17.9. The molecule has 0 radical (unpaired) electrons. The van der Waals surface area contributed by atoms with Crippen molar-refractivity contribution in [1.29, 1.82) is 0 Å². The summed E-state index contributed by atoms with van der Waals surface area (Å²) in [6.07, 6.45) is 9.69. The van der Waals surface area contributed by atoms with Crippen LogP contribution >= 0.6 is 15.9 Å². The lowest BCUT2D eigenvalue weighted by Crippen LogP contribution is -2.45. The quantitative estimate of drug-likeness (QED) is 0.282. The summed E-state index contributed by atoms with van der Waals surface area (Å²) in [6, 6.07) is 3.57. The van der Waals surface area contributed by atoms with E-state index < -0.39 is 0 Å². The molecule has 0 saturated heterocycles. The molecule has 6 heteroatoms. The van der Waals surface area contributed by atoms with E-state index >= 15 is 0 Å². The number of aliphatic hydroxyl groups excluding tert-OH is 1. The Morgan fingerprint density at radius 3 is 2.67 bits per heavy atom. The van der Waals surface area contributed by atoms with E-state index in [0.29, 0.717) is 24.4 Å². The van der Waals surface area contributed by atoms with Crippen LogP contribution in [0.1, 0.15) is 80.6 Å². The standard InChI is InChI=1S/C21H33BrN2O3/c1-2-21(9-5-3-6-10-21)24-15-17-13-16(14-18(22)19(17)23)20(26)27-12-8-4-7-11-25/h13-14,24-25H,2-12,15,23H2,1H3. The van der Waals surface area contributed by atoms with Crippen LogP contribution in [0.15, 0.2) is 16.6 Å². The van der Waals surface area contributed by atoms with Gasteiger partial charge in [0.25, 0.3) is 0 Å². The fraction of sp³-hybridized carbons (Fsp3) is 0.667. The van der Waals surface area contributed by atoms with Gasteiger partial charge in [-0.2, -0.15) is 0 Å². The molecular formula is C21H33BrN2O3. The molecule has 0 aliphatic heterocycles. The van der Waals surface area contributed by atoms with Crippen LogP contribution in [-0.4, -0.2) is 29.8 Å². The summed E-state index contributed by atoms with van der Waals surface area (Å²) in [4.78, 5) is 12.4. The first-order chi connectivity index (χ1) is 13.0. The van der Waals surface area contributed by atoms with Gasteiger partial charge in [0.05, 0.1) is 17.9 Å². The predicted octanol–water partition coefficient (Wildman–Crippen LogP) is 4.55. The fourth-order valence-electron chi connectivity index (χ4n) is 3.74. The molecule has 0 spiro atoms. The molecule has 152 valence electrons. The van der Waals surface area contributed by atoms with Crippen LogP contribution in [0.2, 0.25) is 0 Å². The van der Waals surface area contributed by atoms with E-state index in [0.717, 1.165) is 35.7 Å². The molecule has 0 aromatic heterocycles. The number of esters is 1. The normalized spacial score (nSPS) is 16.3. The highest BCUT2D eigenvalue weighted by atomic mass is 79.9. The molecule has 0 bridgehead atoms. The predicted molar refractivity (Wildman–Crippen MR) is 113 cm³/mol. The highest BCUT2D eigenvalue weighted by molar-refractivity contribution is 9.10. The van der Waals surface area contributed by atoms with Crippen LogP contribution in [-0.2, 0) is 11.3 Å². The van der Waals surface area contributed by atoms with Crippen LogP contribution in [0.5, 0.6) is 0 Å². The molecule has 0 heterocycles. The lowest BCUT2D eigenvalue weighted by atomic mass is 9.79. The number of nitrogens with two attached hydrogens (primary N) is 1. The van der Waals surface area contributed by atoms with Crippen molar-refractivity contribution in [2.75, 3.05) is 18.9 Å². The SMILES string of the molecule is CCC1(NCc2cc(C(=O)OCCCCCO)cc(Br)c2N)CCCCC1. The molecule has 1 aromatic carbocycles. The monoisotopic (exact) mass is 440 g/mol. The van der Waals surface area contributed by atoms with Crippen LogP contribution < -0.4 is 11.1 Å². The van der Waals surface area contributed by atoms with Gasteiger partial charge in [0.1, 0.15) is 0 Å². The Morgan fingerprint density at radius 2 is 2.00 bits per heavy atom. The molecule has 0 atom stereocenters. The van der Waals surface area contributed by atoms with Gasteiger partial charge in [-0.1, -0.05) is 26.2 Å². The average Bonchev–Trinajstić information content (AvgIpc) is 2.69. The number of carbonyl (C=O) groups excluding carboxylic acids is 1. The van der Waals surface area contributed by atoms with Crippen molar-refractivity contribution in [2.45, 2.75) is 76.8 Å². The number of aliphatic hydroxyl groups is 1. The van der Waals surface area contributed by atoms with Crippen molar-refractivity contribution < 1.29 is 14.6 Å². The Morgan fingerprint density at radius 1 is 1.26 bits per heavy atom. The van der Waals surface area contributed by atoms with E-state index in [1.165, 1.54) is 32.1 Å². The van der Waals surface area contributed by atoms with Gasteiger partial charge in [0, 0.05) is 23.2 Å². The van der Waals surface area contributed by atoms with Crippen LogP contribution in [0.25, 0.3) is 0 Å². The third kappa shape index (κ3) is 6.47. The third-order valence-corrected chi connectivity index (χ3v) is 6.28. The van der Waals surface area contributed by atoms with Gasteiger partial charge in [-0.05, 0) is 72.2 Å². The number of nitrogens with one attached hydrogen (secondary N) is 1. The maximum atomic E-state index is 12.4. The second-order valence-corrected chi connectivity index (χ2v) is 8.35. The highest BCUT2D eigenvalue weighted by Crippen LogP contribution is 2.32. The Bertz CT molecular complexity index is 616. The number of carbonyl (C=O) groups is 1. The van der Waals surface area contributed by atoms with E-state index in [-0.39, 0.29) is 18.1 Å². The van der Waals surface area contributed by atoms with Gasteiger partial charge in [-0.25, -0.2) is 4.79 Å². The summed E-state index contributed by atoms with van der Waals surface area (Å²) in [6.45, 7) is 3.43. The van der Waals surface area contributed by atoms with Crippen molar-refractivity contribution in [3.63, 3.8) is 0 Å². The largest absolute Gasteiger partial charge is 0.462 e. The van der Waals surface area contributed by atoms with E-state index in [1.807, 2.05) is 6.07 Å². The van der Waals surface area contributed by atoms with Crippen LogP contribution in [0, 0.1) is 0 Å². The molecule has 0 amide bonds. The second-order valence-electron chi connectivity index (χ2n) is 7.50.